The van der Waals surface area contributed by atoms with Gasteiger partial charge in [0.05, 0.1) is 12.7 Å². The minimum atomic E-state index is -0.133. The molecule has 2 rings (SSSR count). The van der Waals surface area contributed by atoms with E-state index in [1.54, 1.807) is 31.6 Å². The fourth-order valence-corrected chi connectivity index (χ4v) is 1.56. The number of nitrogens with zero attached hydrogens (tertiary/aromatic N) is 1. The second-order valence-corrected chi connectivity index (χ2v) is 3.78. The molecule has 1 aromatic carbocycles. The monoisotopic (exact) mass is 242 g/mol. The summed E-state index contributed by atoms with van der Waals surface area (Å²) in [6.45, 7) is 0.463. The summed E-state index contributed by atoms with van der Waals surface area (Å²) in [5, 5.41) is 2.83. The molecule has 4 nitrogen and oxygen atoms in total. The highest BCUT2D eigenvalue weighted by atomic mass is 16.5. The summed E-state index contributed by atoms with van der Waals surface area (Å²) in [5.41, 5.74) is 1.55. The maximum atomic E-state index is 11.8. The SMILES string of the molecule is COc1cccc(CNC(=O)c2cccnc2)c1. The summed E-state index contributed by atoms with van der Waals surface area (Å²) >= 11 is 0. The molecule has 18 heavy (non-hydrogen) atoms. The molecular formula is C14H14N2O2. The number of aromatic nitrogens is 1. The molecule has 1 heterocycles. The van der Waals surface area contributed by atoms with Crippen LogP contribution in [-0.2, 0) is 6.54 Å². The van der Waals surface area contributed by atoms with E-state index in [9.17, 15) is 4.79 Å². The van der Waals surface area contributed by atoms with Crippen molar-refractivity contribution < 1.29 is 9.53 Å². The second-order valence-electron chi connectivity index (χ2n) is 3.78. The lowest BCUT2D eigenvalue weighted by atomic mass is 10.2. The first kappa shape index (κ1) is 12.1. The van der Waals surface area contributed by atoms with Gasteiger partial charge in [0.25, 0.3) is 5.91 Å². The Morgan fingerprint density at radius 1 is 1.33 bits per heavy atom. The first-order valence-corrected chi connectivity index (χ1v) is 5.61. The van der Waals surface area contributed by atoms with Gasteiger partial charge in [-0.15, -0.1) is 0 Å². The Hall–Kier alpha value is -2.36. The third kappa shape index (κ3) is 3.07. The number of carbonyl (C=O) groups is 1. The van der Waals surface area contributed by atoms with Gasteiger partial charge in [0, 0.05) is 18.9 Å². The van der Waals surface area contributed by atoms with Gasteiger partial charge in [0.15, 0.2) is 0 Å². The summed E-state index contributed by atoms with van der Waals surface area (Å²) in [6, 6.07) is 11.1. The van der Waals surface area contributed by atoms with E-state index in [1.807, 2.05) is 24.3 Å². The maximum absolute atomic E-state index is 11.8. The molecule has 92 valence electrons. The van der Waals surface area contributed by atoms with Crippen LogP contribution in [0.3, 0.4) is 0 Å². The standard InChI is InChI=1S/C14H14N2O2/c1-18-13-6-2-4-11(8-13)9-16-14(17)12-5-3-7-15-10-12/h2-8,10H,9H2,1H3,(H,16,17). The predicted molar refractivity (Wildman–Crippen MR) is 68.4 cm³/mol. The van der Waals surface area contributed by atoms with Gasteiger partial charge in [0.1, 0.15) is 5.75 Å². The number of benzene rings is 1. The summed E-state index contributed by atoms with van der Waals surface area (Å²) in [4.78, 5) is 15.7. The fraction of sp³-hybridized carbons (Fsp3) is 0.143. The number of rotatable bonds is 4. The number of carbonyl (C=O) groups excluding carboxylic acids is 1. The van der Waals surface area contributed by atoms with Crippen molar-refractivity contribution >= 4 is 5.91 Å². The molecule has 0 saturated heterocycles. The number of methoxy groups -OCH3 is 1. The van der Waals surface area contributed by atoms with Gasteiger partial charge in [-0.3, -0.25) is 9.78 Å². The van der Waals surface area contributed by atoms with Crippen molar-refractivity contribution in [1.29, 1.82) is 0 Å². The van der Waals surface area contributed by atoms with Crippen molar-refractivity contribution in [2.75, 3.05) is 7.11 Å². The number of hydrogen-bond donors (Lipinski definition) is 1. The number of nitrogens with one attached hydrogen (secondary N) is 1. The van der Waals surface area contributed by atoms with E-state index in [-0.39, 0.29) is 5.91 Å². The second kappa shape index (κ2) is 5.82. The molecule has 1 aromatic heterocycles. The molecule has 2 aromatic rings. The lowest BCUT2D eigenvalue weighted by Gasteiger charge is -2.06. The molecule has 1 N–H and O–H groups in total. The van der Waals surface area contributed by atoms with E-state index >= 15 is 0 Å². The van der Waals surface area contributed by atoms with E-state index in [0.29, 0.717) is 12.1 Å². The van der Waals surface area contributed by atoms with Crippen LogP contribution in [0.4, 0.5) is 0 Å². The van der Waals surface area contributed by atoms with Gasteiger partial charge in [-0.05, 0) is 29.8 Å². The lowest BCUT2D eigenvalue weighted by molar-refractivity contribution is 0.0950. The van der Waals surface area contributed by atoms with Crippen molar-refractivity contribution in [3.63, 3.8) is 0 Å². The smallest absolute Gasteiger partial charge is 0.253 e. The van der Waals surface area contributed by atoms with Crippen molar-refractivity contribution in [3.8, 4) is 5.75 Å². The van der Waals surface area contributed by atoms with E-state index in [2.05, 4.69) is 10.3 Å². The lowest BCUT2D eigenvalue weighted by Crippen LogP contribution is -2.22. The van der Waals surface area contributed by atoms with Crippen molar-refractivity contribution in [1.82, 2.24) is 10.3 Å². The molecule has 0 fully saturated rings. The summed E-state index contributed by atoms with van der Waals surface area (Å²) in [6.07, 6.45) is 3.18. The number of ether oxygens (including phenoxy) is 1. The molecule has 0 saturated carbocycles. The fourth-order valence-electron chi connectivity index (χ4n) is 1.56. The molecule has 0 spiro atoms. The zero-order valence-electron chi connectivity index (χ0n) is 10.1. The van der Waals surface area contributed by atoms with Gasteiger partial charge in [-0.1, -0.05) is 12.1 Å². The Morgan fingerprint density at radius 3 is 2.94 bits per heavy atom. The normalized spacial score (nSPS) is 9.83. The molecule has 0 radical (unpaired) electrons. The van der Waals surface area contributed by atoms with Gasteiger partial charge in [-0.2, -0.15) is 0 Å². The van der Waals surface area contributed by atoms with Crippen LogP contribution in [0.25, 0.3) is 0 Å². The molecule has 0 unspecified atom stereocenters. The molecule has 0 aliphatic heterocycles. The maximum Gasteiger partial charge on any atom is 0.253 e. The van der Waals surface area contributed by atoms with E-state index in [4.69, 9.17) is 4.74 Å². The van der Waals surface area contributed by atoms with Gasteiger partial charge >= 0.3 is 0 Å². The molecular weight excluding hydrogens is 228 g/mol. The molecule has 0 aliphatic rings. The Kier molecular flexibility index (Phi) is 3.91. The average Bonchev–Trinajstić information content (AvgIpc) is 2.46. The highest BCUT2D eigenvalue weighted by Gasteiger charge is 2.04. The van der Waals surface area contributed by atoms with Gasteiger partial charge in [-0.25, -0.2) is 0 Å². The van der Waals surface area contributed by atoms with Crippen LogP contribution in [0, 0.1) is 0 Å². The van der Waals surface area contributed by atoms with Crippen LogP contribution in [0.2, 0.25) is 0 Å². The Labute approximate surface area is 106 Å². The van der Waals surface area contributed by atoms with E-state index in [0.717, 1.165) is 11.3 Å². The van der Waals surface area contributed by atoms with Crippen LogP contribution >= 0.6 is 0 Å². The van der Waals surface area contributed by atoms with Gasteiger partial charge < -0.3 is 10.1 Å². The molecule has 1 amide bonds. The Balaban J connectivity index is 1.97. The summed E-state index contributed by atoms with van der Waals surface area (Å²) < 4.78 is 5.12. The first-order chi connectivity index (χ1) is 8.79. The highest BCUT2D eigenvalue weighted by molar-refractivity contribution is 5.93. The van der Waals surface area contributed by atoms with Crippen molar-refractivity contribution in [3.05, 3.63) is 59.9 Å². The van der Waals surface area contributed by atoms with Crippen LogP contribution in [0.15, 0.2) is 48.8 Å². The number of pyridine rings is 1. The Morgan fingerprint density at radius 2 is 2.22 bits per heavy atom. The largest absolute Gasteiger partial charge is 0.497 e. The van der Waals surface area contributed by atoms with Crippen LogP contribution in [-0.4, -0.2) is 18.0 Å². The number of amides is 1. The van der Waals surface area contributed by atoms with Crippen molar-refractivity contribution in [2.24, 2.45) is 0 Å². The average molecular weight is 242 g/mol. The molecule has 0 aliphatic carbocycles. The van der Waals surface area contributed by atoms with E-state index in [1.165, 1.54) is 0 Å². The predicted octanol–water partition coefficient (Wildman–Crippen LogP) is 2.02. The minimum Gasteiger partial charge on any atom is -0.497 e. The summed E-state index contributed by atoms with van der Waals surface area (Å²) in [5.74, 6) is 0.647. The highest BCUT2D eigenvalue weighted by Crippen LogP contribution is 2.12. The topological polar surface area (TPSA) is 51.2 Å². The van der Waals surface area contributed by atoms with Crippen LogP contribution < -0.4 is 10.1 Å². The zero-order valence-corrected chi connectivity index (χ0v) is 10.1. The zero-order chi connectivity index (χ0) is 12.8. The quantitative estimate of drug-likeness (QED) is 0.892. The molecule has 0 bridgehead atoms. The van der Waals surface area contributed by atoms with E-state index < -0.39 is 0 Å². The third-order valence-corrected chi connectivity index (χ3v) is 2.51. The third-order valence-electron chi connectivity index (χ3n) is 2.51. The summed E-state index contributed by atoms with van der Waals surface area (Å²) in [7, 11) is 1.62. The van der Waals surface area contributed by atoms with Crippen molar-refractivity contribution in [2.45, 2.75) is 6.54 Å². The Bertz CT molecular complexity index is 526. The molecule has 0 atom stereocenters. The molecule has 4 heteroatoms. The number of hydrogen-bond acceptors (Lipinski definition) is 3. The van der Waals surface area contributed by atoms with Crippen LogP contribution in [0.5, 0.6) is 5.75 Å². The van der Waals surface area contributed by atoms with Gasteiger partial charge in [0.2, 0.25) is 0 Å². The first-order valence-electron chi connectivity index (χ1n) is 5.61. The van der Waals surface area contributed by atoms with Crippen LogP contribution in [0.1, 0.15) is 15.9 Å². The minimum absolute atomic E-state index is 0.133.